The highest BCUT2D eigenvalue weighted by molar-refractivity contribution is 7.89. The molecule has 2 saturated heterocycles. The van der Waals surface area contributed by atoms with Gasteiger partial charge in [0.05, 0.1) is 10.4 Å². The zero-order valence-electron chi connectivity index (χ0n) is 15.9. The summed E-state index contributed by atoms with van der Waals surface area (Å²) in [5, 5.41) is 0. The molecule has 0 amide bonds. The average molecular weight is 415 g/mol. The average Bonchev–Trinajstić information content (AvgIpc) is 3.16. The Hall–Kier alpha value is -2.65. The molecule has 0 aliphatic carbocycles. The Labute approximate surface area is 167 Å². The van der Waals surface area contributed by atoms with E-state index in [-0.39, 0.29) is 23.1 Å². The van der Waals surface area contributed by atoms with E-state index in [1.807, 2.05) is 12.1 Å². The third-order valence-corrected chi connectivity index (χ3v) is 7.91. The summed E-state index contributed by atoms with van der Waals surface area (Å²) in [6.07, 6.45) is 6.32. The lowest BCUT2D eigenvalue weighted by molar-refractivity contribution is 0.0956. The maximum Gasteiger partial charge on any atom is 0.419 e. The summed E-state index contributed by atoms with van der Waals surface area (Å²) in [5.74, 6) is 0.246. The summed E-state index contributed by atoms with van der Waals surface area (Å²) >= 11 is 0. The van der Waals surface area contributed by atoms with Gasteiger partial charge in [-0.15, -0.1) is 0 Å². The van der Waals surface area contributed by atoms with Crippen LogP contribution in [0.5, 0.6) is 5.75 Å². The molecule has 0 N–H and O–H groups in total. The number of benzene rings is 1. The van der Waals surface area contributed by atoms with E-state index in [1.54, 1.807) is 29.8 Å². The van der Waals surface area contributed by atoms with Crippen LogP contribution < -0.4 is 10.5 Å². The molecule has 8 nitrogen and oxygen atoms in total. The zero-order chi connectivity index (χ0) is 20.2. The van der Waals surface area contributed by atoms with Crippen LogP contribution in [0.3, 0.4) is 0 Å². The lowest BCUT2D eigenvalue weighted by Crippen LogP contribution is -2.49. The molecule has 2 fully saturated rings. The monoisotopic (exact) mass is 415 g/mol. The number of sulfonamides is 1. The molecular weight excluding hydrogens is 394 g/mol. The van der Waals surface area contributed by atoms with E-state index in [9.17, 15) is 13.2 Å². The number of ether oxygens (including phenoxy) is 1. The van der Waals surface area contributed by atoms with Crippen LogP contribution in [0.15, 0.2) is 56.8 Å². The van der Waals surface area contributed by atoms with Crippen molar-refractivity contribution < 1.29 is 17.6 Å². The standard InChI is InChI=1S/C20H21N3O5S/c1-22-18-12-17(4-5-19(18)28-20(22)24)29(25,26)23-13-2-3-14(23)11-16(10-13)27-15-6-8-21-9-7-15/h4-9,12-14,16H,2-3,10-11H2,1H3. The Morgan fingerprint density at radius 1 is 1.10 bits per heavy atom. The molecule has 2 aliphatic heterocycles. The fraction of sp³-hybridized carbons (Fsp3) is 0.400. The van der Waals surface area contributed by atoms with Crippen LogP contribution in [-0.4, -0.2) is 40.5 Å². The minimum atomic E-state index is -3.68. The molecule has 5 rings (SSSR count). The third kappa shape index (κ3) is 3.05. The number of nitrogens with zero attached hydrogens (tertiary/aromatic N) is 3. The summed E-state index contributed by atoms with van der Waals surface area (Å²) in [5.41, 5.74) is 0.850. The summed E-state index contributed by atoms with van der Waals surface area (Å²) in [6.45, 7) is 0. The summed E-state index contributed by atoms with van der Waals surface area (Å²) in [6, 6.07) is 8.04. The van der Waals surface area contributed by atoms with Crippen LogP contribution in [0.2, 0.25) is 0 Å². The highest BCUT2D eigenvalue weighted by Crippen LogP contribution is 2.41. The minimum Gasteiger partial charge on any atom is -0.490 e. The van der Waals surface area contributed by atoms with Gasteiger partial charge >= 0.3 is 5.76 Å². The number of aryl methyl sites for hydroxylation is 1. The van der Waals surface area contributed by atoms with E-state index < -0.39 is 15.8 Å². The first-order valence-electron chi connectivity index (χ1n) is 9.63. The summed E-state index contributed by atoms with van der Waals surface area (Å²) in [7, 11) is -2.12. The maximum absolute atomic E-state index is 13.4. The molecule has 2 aliphatic rings. The van der Waals surface area contributed by atoms with Crippen LogP contribution >= 0.6 is 0 Å². The number of fused-ring (bicyclic) bond motifs is 3. The molecule has 0 saturated carbocycles. The Morgan fingerprint density at radius 3 is 2.48 bits per heavy atom. The highest BCUT2D eigenvalue weighted by Gasteiger charge is 2.48. The van der Waals surface area contributed by atoms with Crippen molar-refractivity contribution in [3.8, 4) is 5.75 Å². The van der Waals surface area contributed by atoms with E-state index >= 15 is 0 Å². The van der Waals surface area contributed by atoms with E-state index in [4.69, 9.17) is 9.15 Å². The van der Waals surface area contributed by atoms with Crippen molar-refractivity contribution in [2.24, 2.45) is 7.05 Å². The molecule has 152 valence electrons. The van der Waals surface area contributed by atoms with Gasteiger partial charge in [-0.2, -0.15) is 4.31 Å². The molecule has 2 atom stereocenters. The van der Waals surface area contributed by atoms with E-state index in [1.165, 1.54) is 16.7 Å². The van der Waals surface area contributed by atoms with Crippen LogP contribution in [0.25, 0.3) is 11.1 Å². The molecule has 0 radical (unpaired) electrons. The van der Waals surface area contributed by atoms with E-state index in [0.717, 1.165) is 18.6 Å². The van der Waals surface area contributed by atoms with Gasteiger partial charge in [0, 0.05) is 44.4 Å². The molecule has 2 bridgehead atoms. The number of oxazole rings is 1. The molecule has 4 heterocycles. The number of hydrogen-bond acceptors (Lipinski definition) is 6. The van der Waals surface area contributed by atoms with Gasteiger partial charge in [0.1, 0.15) is 11.9 Å². The largest absolute Gasteiger partial charge is 0.490 e. The molecule has 2 aromatic heterocycles. The van der Waals surface area contributed by atoms with Crippen LogP contribution in [0.4, 0.5) is 0 Å². The number of aromatic nitrogens is 2. The highest BCUT2D eigenvalue weighted by atomic mass is 32.2. The minimum absolute atomic E-state index is 0.0153. The molecule has 1 aromatic carbocycles. The second kappa shape index (κ2) is 6.70. The van der Waals surface area contributed by atoms with Crippen molar-refractivity contribution in [1.82, 2.24) is 13.9 Å². The van der Waals surface area contributed by atoms with Crippen LogP contribution in [0.1, 0.15) is 25.7 Å². The molecule has 9 heteroatoms. The summed E-state index contributed by atoms with van der Waals surface area (Å²) in [4.78, 5) is 15.9. The Bertz CT molecular complexity index is 1200. The van der Waals surface area contributed by atoms with Gasteiger partial charge < -0.3 is 9.15 Å². The van der Waals surface area contributed by atoms with Gasteiger partial charge in [-0.3, -0.25) is 9.55 Å². The molecule has 3 aromatic rings. The fourth-order valence-electron chi connectivity index (χ4n) is 4.57. The Kier molecular flexibility index (Phi) is 4.25. The molecular formula is C20H21N3O5S. The maximum atomic E-state index is 13.4. The quantitative estimate of drug-likeness (QED) is 0.649. The van der Waals surface area contributed by atoms with Gasteiger partial charge in [-0.05, 0) is 43.2 Å². The van der Waals surface area contributed by atoms with Crippen molar-refractivity contribution in [2.45, 2.75) is 48.8 Å². The van der Waals surface area contributed by atoms with Gasteiger partial charge in [0.25, 0.3) is 0 Å². The van der Waals surface area contributed by atoms with Crippen molar-refractivity contribution in [3.63, 3.8) is 0 Å². The SMILES string of the molecule is Cn1c(=O)oc2ccc(S(=O)(=O)N3C4CCC3CC(Oc3ccncc3)C4)cc21. The van der Waals surface area contributed by atoms with Crippen molar-refractivity contribution in [1.29, 1.82) is 0 Å². The second-order valence-corrected chi connectivity index (χ2v) is 9.51. The lowest BCUT2D eigenvalue weighted by Gasteiger charge is -2.37. The number of rotatable bonds is 4. The van der Waals surface area contributed by atoms with Gasteiger partial charge in [0.15, 0.2) is 5.58 Å². The van der Waals surface area contributed by atoms with E-state index in [0.29, 0.717) is 23.9 Å². The number of piperidine rings is 1. The first-order chi connectivity index (χ1) is 13.9. The van der Waals surface area contributed by atoms with Crippen molar-refractivity contribution in [2.75, 3.05) is 0 Å². The smallest absolute Gasteiger partial charge is 0.419 e. The van der Waals surface area contributed by atoms with Gasteiger partial charge in [-0.25, -0.2) is 13.2 Å². The Balaban J connectivity index is 1.42. The van der Waals surface area contributed by atoms with Crippen molar-refractivity contribution >= 4 is 21.1 Å². The number of hydrogen-bond donors (Lipinski definition) is 0. The first-order valence-corrected chi connectivity index (χ1v) is 11.1. The molecule has 29 heavy (non-hydrogen) atoms. The molecule has 0 spiro atoms. The van der Waals surface area contributed by atoms with Crippen LogP contribution in [0, 0.1) is 0 Å². The van der Waals surface area contributed by atoms with Gasteiger partial charge in [-0.1, -0.05) is 0 Å². The zero-order valence-corrected chi connectivity index (χ0v) is 16.7. The normalized spacial score (nSPS) is 24.8. The van der Waals surface area contributed by atoms with Crippen molar-refractivity contribution in [3.05, 3.63) is 53.3 Å². The Morgan fingerprint density at radius 2 is 1.79 bits per heavy atom. The predicted octanol–water partition coefficient (Wildman–Crippen LogP) is 2.29. The van der Waals surface area contributed by atoms with E-state index in [2.05, 4.69) is 4.98 Å². The lowest BCUT2D eigenvalue weighted by atomic mass is 10.0. The topological polar surface area (TPSA) is 94.6 Å². The summed E-state index contributed by atoms with van der Waals surface area (Å²) < 4.78 is 41.0. The van der Waals surface area contributed by atoms with Gasteiger partial charge in [0.2, 0.25) is 10.0 Å². The first kappa shape index (κ1) is 18.4. The predicted molar refractivity (Wildman–Crippen MR) is 105 cm³/mol. The number of pyridine rings is 1. The van der Waals surface area contributed by atoms with Crippen LogP contribution in [-0.2, 0) is 17.1 Å². The third-order valence-electron chi connectivity index (χ3n) is 5.91. The molecule has 2 unspecified atom stereocenters. The second-order valence-electron chi connectivity index (χ2n) is 7.67. The fourth-order valence-corrected chi connectivity index (χ4v) is 6.48.